The predicted octanol–water partition coefficient (Wildman–Crippen LogP) is 15.2. The van der Waals surface area contributed by atoms with E-state index in [0.717, 1.165) is 41.3 Å². The summed E-state index contributed by atoms with van der Waals surface area (Å²) >= 11 is 19.3. The highest BCUT2D eigenvalue weighted by Crippen LogP contribution is 2.41. The summed E-state index contributed by atoms with van der Waals surface area (Å²) in [6, 6.07) is 61.7. The molecule has 2 heterocycles. The van der Waals surface area contributed by atoms with Gasteiger partial charge in [-0.1, -0.05) is 180 Å². The average Bonchev–Trinajstić information content (AvgIpc) is 3.80. The molecule has 0 aliphatic heterocycles. The SMILES string of the molecule is C.Clc1cc(-c2ccccc2)cc(-c2cccc3c2sc2ccccc23)c1.Clc1cc(Br)cc(-c2ccccc2)c1.OB(O)c1cccc2c1sc1ccccc12. The van der Waals surface area contributed by atoms with Gasteiger partial charge < -0.3 is 10.0 Å². The number of hydrogen-bond donors (Lipinski definition) is 2. The van der Waals surface area contributed by atoms with Crippen molar-refractivity contribution in [1.29, 1.82) is 0 Å². The zero-order valence-electron chi connectivity index (χ0n) is 29.7. The first-order valence-electron chi connectivity index (χ1n) is 17.9. The lowest BCUT2D eigenvalue weighted by molar-refractivity contribution is 0.426. The second kappa shape index (κ2) is 18.2. The minimum atomic E-state index is -1.41. The molecule has 8 aromatic carbocycles. The lowest BCUT2D eigenvalue weighted by Gasteiger charge is -2.09. The topological polar surface area (TPSA) is 40.5 Å². The molecule has 0 amide bonds. The number of rotatable bonds is 4. The van der Waals surface area contributed by atoms with E-state index in [2.05, 4.69) is 119 Å². The second-order valence-electron chi connectivity index (χ2n) is 13.1. The smallest absolute Gasteiger partial charge is 0.423 e. The van der Waals surface area contributed by atoms with Gasteiger partial charge in [0.15, 0.2) is 0 Å². The molecule has 0 saturated carbocycles. The average molecular weight is 883 g/mol. The van der Waals surface area contributed by atoms with Crippen molar-refractivity contribution in [1.82, 2.24) is 0 Å². The Kier molecular flexibility index (Phi) is 12.9. The molecule has 2 N–H and O–H groups in total. The normalized spacial score (nSPS) is 10.8. The number of fused-ring (bicyclic) bond motifs is 6. The summed E-state index contributed by atoms with van der Waals surface area (Å²) < 4.78 is 5.77. The first kappa shape index (κ1) is 40.4. The third-order valence-electron chi connectivity index (χ3n) is 9.40. The van der Waals surface area contributed by atoms with Crippen LogP contribution in [0.3, 0.4) is 0 Å². The summed E-state index contributed by atoms with van der Waals surface area (Å²) in [4.78, 5) is 0. The molecule has 280 valence electrons. The molecule has 0 aliphatic rings. The van der Waals surface area contributed by atoms with E-state index in [1.54, 1.807) is 17.4 Å². The fourth-order valence-corrected chi connectivity index (χ4v) is 10.4. The first-order chi connectivity index (χ1) is 27.3. The summed E-state index contributed by atoms with van der Waals surface area (Å²) in [6.45, 7) is 0. The van der Waals surface area contributed by atoms with Crippen molar-refractivity contribution in [3.8, 4) is 33.4 Å². The molecule has 0 spiro atoms. The second-order valence-corrected chi connectivity index (χ2v) is 17.0. The molecule has 0 saturated heterocycles. The molecule has 2 nitrogen and oxygen atoms in total. The van der Waals surface area contributed by atoms with E-state index in [4.69, 9.17) is 23.2 Å². The van der Waals surface area contributed by atoms with Crippen molar-refractivity contribution < 1.29 is 10.0 Å². The van der Waals surface area contributed by atoms with Gasteiger partial charge in [0.25, 0.3) is 0 Å². The van der Waals surface area contributed by atoms with Crippen LogP contribution in [0.25, 0.3) is 73.7 Å². The molecule has 0 unspecified atom stereocenters. The van der Waals surface area contributed by atoms with Gasteiger partial charge in [-0.2, -0.15) is 0 Å². The van der Waals surface area contributed by atoms with Gasteiger partial charge in [0.2, 0.25) is 0 Å². The van der Waals surface area contributed by atoms with Gasteiger partial charge in [0.05, 0.1) is 0 Å². The Labute approximate surface area is 359 Å². The molecule has 0 bridgehead atoms. The molecule has 0 radical (unpaired) electrons. The fourth-order valence-electron chi connectivity index (χ4n) is 6.84. The summed E-state index contributed by atoms with van der Waals surface area (Å²) in [7, 11) is -1.41. The van der Waals surface area contributed by atoms with Gasteiger partial charge in [-0.15, -0.1) is 22.7 Å². The van der Waals surface area contributed by atoms with E-state index >= 15 is 0 Å². The highest BCUT2D eigenvalue weighted by Gasteiger charge is 2.17. The molecule has 10 rings (SSSR count). The van der Waals surface area contributed by atoms with Crippen LogP contribution in [0.5, 0.6) is 0 Å². The van der Waals surface area contributed by atoms with Crippen molar-refractivity contribution in [2.24, 2.45) is 0 Å². The van der Waals surface area contributed by atoms with E-state index in [-0.39, 0.29) is 7.43 Å². The zero-order valence-corrected chi connectivity index (χ0v) is 34.5. The van der Waals surface area contributed by atoms with Crippen LogP contribution in [0.1, 0.15) is 7.43 Å². The minimum absolute atomic E-state index is 0. The van der Waals surface area contributed by atoms with Crippen LogP contribution >= 0.6 is 61.8 Å². The monoisotopic (exact) mass is 880 g/mol. The minimum Gasteiger partial charge on any atom is -0.423 e. The summed E-state index contributed by atoms with van der Waals surface area (Å²) in [5.74, 6) is 0. The first-order valence-corrected chi connectivity index (χ1v) is 21.0. The van der Waals surface area contributed by atoms with Crippen molar-refractivity contribution in [2.75, 3.05) is 0 Å². The third-order valence-corrected chi connectivity index (χ3v) is 12.8. The number of hydrogen-bond acceptors (Lipinski definition) is 4. The maximum atomic E-state index is 9.31. The summed E-state index contributed by atoms with van der Waals surface area (Å²) in [5, 5.41) is 25.0. The van der Waals surface area contributed by atoms with Gasteiger partial charge >= 0.3 is 7.12 Å². The van der Waals surface area contributed by atoms with E-state index in [1.807, 2.05) is 84.1 Å². The van der Waals surface area contributed by atoms with Crippen LogP contribution < -0.4 is 5.46 Å². The van der Waals surface area contributed by atoms with Crippen LogP contribution in [-0.4, -0.2) is 17.2 Å². The molecule has 10 aromatic rings. The highest BCUT2D eigenvalue weighted by molar-refractivity contribution is 9.10. The van der Waals surface area contributed by atoms with Crippen molar-refractivity contribution in [3.05, 3.63) is 197 Å². The fraction of sp³-hybridized carbons (Fsp3) is 0.0204. The van der Waals surface area contributed by atoms with E-state index < -0.39 is 7.12 Å². The van der Waals surface area contributed by atoms with Gasteiger partial charge in [-0.05, 0) is 92.8 Å². The van der Waals surface area contributed by atoms with Crippen molar-refractivity contribution in [2.45, 2.75) is 7.43 Å². The lowest BCUT2D eigenvalue weighted by Crippen LogP contribution is -2.29. The summed E-state index contributed by atoms with van der Waals surface area (Å²) in [5.41, 5.74) is 7.61. The van der Waals surface area contributed by atoms with Gasteiger partial charge in [-0.25, -0.2) is 0 Å². The quantitative estimate of drug-likeness (QED) is 0.173. The van der Waals surface area contributed by atoms with Gasteiger partial charge in [-0.3, -0.25) is 0 Å². The summed E-state index contributed by atoms with van der Waals surface area (Å²) in [6.07, 6.45) is 0. The molecular weight excluding hydrogens is 846 g/mol. The van der Waals surface area contributed by atoms with Crippen molar-refractivity contribution >= 4 is 115 Å². The van der Waals surface area contributed by atoms with Gasteiger partial charge in [0.1, 0.15) is 0 Å². The molecule has 0 atom stereocenters. The Bertz CT molecular complexity index is 2930. The molecular formula is C49H36BBrCl2O2S2. The van der Waals surface area contributed by atoms with Crippen LogP contribution in [0.15, 0.2) is 186 Å². The van der Waals surface area contributed by atoms with Gasteiger partial charge in [0, 0.05) is 49.5 Å². The van der Waals surface area contributed by atoms with Crippen LogP contribution in [0.2, 0.25) is 10.0 Å². The molecule has 0 aliphatic carbocycles. The number of benzene rings is 8. The Morgan fingerprint density at radius 3 is 1.46 bits per heavy atom. The maximum absolute atomic E-state index is 9.31. The van der Waals surface area contributed by atoms with Crippen LogP contribution in [0.4, 0.5) is 0 Å². The lowest BCUT2D eigenvalue weighted by atomic mass is 9.80. The molecule has 8 heteroatoms. The van der Waals surface area contributed by atoms with E-state index in [1.165, 1.54) is 46.9 Å². The highest BCUT2D eigenvalue weighted by atomic mass is 79.9. The van der Waals surface area contributed by atoms with Crippen LogP contribution in [0, 0.1) is 0 Å². The number of thiophene rings is 2. The third kappa shape index (κ3) is 9.04. The maximum Gasteiger partial charge on any atom is 0.489 e. The Hall–Kier alpha value is -4.76. The number of halogens is 3. The van der Waals surface area contributed by atoms with Crippen molar-refractivity contribution in [3.63, 3.8) is 0 Å². The van der Waals surface area contributed by atoms with E-state index in [0.29, 0.717) is 5.46 Å². The standard InChI is InChI=1S/C24H15ClS.C12H9BO2S.C12H8BrCl.CH4/c25-19-14-17(16-7-2-1-3-8-16)13-18(15-19)20-10-6-11-22-21-9-4-5-12-23(21)26-24(20)22;14-13(15)10-6-3-5-9-8-4-1-2-7-11(8)16-12(9)10;13-11-6-10(7-12(14)8-11)9-4-2-1-3-5-9;/h1-15H;1-7,14-15H;1-8H;1H4. The molecule has 0 fully saturated rings. The molecule has 2 aromatic heterocycles. The predicted molar refractivity (Wildman–Crippen MR) is 256 cm³/mol. The molecule has 57 heavy (non-hydrogen) atoms. The Morgan fingerprint density at radius 2 is 0.877 bits per heavy atom. The van der Waals surface area contributed by atoms with Crippen LogP contribution in [-0.2, 0) is 0 Å². The van der Waals surface area contributed by atoms with E-state index in [9.17, 15) is 10.0 Å². The zero-order chi connectivity index (χ0) is 38.6. The largest absolute Gasteiger partial charge is 0.489 e. The Balaban J connectivity index is 0.000000138. The Morgan fingerprint density at radius 1 is 0.421 bits per heavy atom.